The zero-order chi connectivity index (χ0) is 9.83. The van der Waals surface area contributed by atoms with Gasteiger partial charge >= 0.3 is 15.2 Å². The normalized spacial score (nSPS) is 14.7. The van der Waals surface area contributed by atoms with Crippen LogP contribution in [0.3, 0.4) is 0 Å². The van der Waals surface area contributed by atoms with Gasteiger partial charge in [-0.3, -0.25) is 9.13 Å². The van der Waals surface area contributed by atoms with Gasteiger partial charge in [0, 0.05) is 11.6 Å². The van der Waals surface area contributed by atoms with Crippen LogP contribution >= 0.6 is 15.2 Å². The third kappa shape index (κ3) is 9.78. The summed E-state index contributed by atoms with van der Waals surface area (Å²) in [7, 11) is -8.46. The molecule has 0 saturated carbocycles. The van der Waals surface area contributed by atoms with Crippen molar-refractivity contribution in [3.8, 4) is 0 Å². The summed E-state index contributed by atoms with van der Waals surface area (Å²) in [5.41, 5.74) is 0. The maximum Gasteiger partial charge on any atom is 0.349 e. The molecule has 6 nitrogen and oxygen atoms in total. The van der Waals surface area contributed by atoms with Crippen molar-refractivity contribution in [3.63, 3.8) is 0 Å². The average Bonchev–Trinajstić information content (AvgIpc) is 1.76. The Morgan fingerprint density at radius 3 is 1.17 bits per heavy atom. The van der Waals surface area contributed by atoms with Gasteiger partial charge < -0.3 is 19.6 Å². The summed E-state index contributed by atoms with van der Waals surface area (Å²) in [6.07, 6.45) is 1.75. The van der Waals surface area contributed by atoms with E-state index in [0.717, 1.165) is 12.2 Å². The monoisotopic (exact) mass is 214 g/mol. The van der Waals surface area contributed by atoms with Crippen molar-refractivity contribution in [2.75, 3.05) is 0 Å². The van der Waals surface area contributed by atoms with Crippen molar-refractivity contribution in [1.29, 1.82) is 0 Å². The Kier molecular flexibility index (Phi) is 4.06. The second-order valence-electron chi connectivity index (χ2n) is 1.86. The maximum atomic E-state index is 10.1. The molecule has 0 aliphatic heterocycles. The second kappa shape index (κ2) is 4.14. The first kappa shape index (κ1) is 11.8. The van der Waals surface area contributed by atoms with E-state index in [1.165, 1.54) is 0 Å². The van der Waals surface area contributed by atoms with Crippen molar-refractivity contribution in [2.24, 2.45) is 0 Å². The third-order valence-electron chi connectivity index (χ3n) is 0.672. The van der Waals surface area contributed by atoms with Gasteiger partial charge in [-0.05, 0) is 0 Å². The van der Waals surface area contributed by atoms with Crippen molar-refractivity contribution in [3.05, 3.63) is 23.8 Å². The summed E-state index contributed by atoms with van der Waals surface area (Å²) in [6.45, 7) is 0. The topological polar surface area (TPSA) is 115 Å². The van der Waals surface area contributed by atoms with Gasteiger partial charge in [0.1, 0.15) is 0 Å². The molecule has 0 spiro atoms. The van der Waals surface area contributed by atoms with Gasteiger partial charge in [0.2, 0.25) is 0 Å². The number of hydrogen-bond acceptors (Lipinski definition) is 2. The first-order valence-corrected chi connectivity index (χ1v) is 6.04. The van der Waals surface area contributed by atoms with Crippen LogP contribution in [0.2, 0.25) is 0 Å². The van der Waals surface area contributed by atoms with Crippen LogP contribution in [-0.2, 0) is 9.13 Å². The largest absolute Gasteiger partial charge is 0.349 e. The van der Waals surface area contributed by atoms with Crippen LogP contribution in [0.1, 0.15) is 0 Å². The summed E-state index contributed by atoms with van der Waals surface area (Å²) in [5, 5.41) is 0. The van der Waals surface area contributed by atoms with E-state index in [0.29, 0.717) is 11.6 Å². The van der Waals surface area contributed by atoms with E-state index < -0.39 is 15.2 Å². The molecule has 0 atom stereocenters. The SMILES string of the molecule is O=P(O)(O)C=CC=CP(=O)(O)O. The van der Waals surface area contributed by atoms with E-state index in [4.69, 9.17) is 19.6 Å². The van der Waals surface area contributed by atoms with Crippen molar-refractivity contribution in [1.82, 2.24) is 0 Å². The molecular weight excluding hydrogens is 206 g/mol. The number of hydrogen-bond donors (Lipinski definition) is 4. The van der Waals surface area contributed by atoms with Gasteiger partial charge in [-0.15, -0.1) is 0 Å². The molecule has 0 fully saturated rings. The first-order chi connectivity index (χ1) is 5.21. The van der Waals surface area contributed by atoms with Crippen LogP contribution in [0.5, 0.6) is 0 Å². The Bertz CT molecular complexity index is 250. The summed E-state index contributed by atoms with van der Waals surface area (Å²) in [5.74, 6) is 1.08. The van der Waals surface area contributed by atoms with Crippen LogP contribution in [0.15, 0.2) is 23.8 Å². The van der Waals surface area contributed by atoms with Crippen LogP contribution < -0.4 is 0 Å². The van der Waals surface area contributed by atoms with Gasteiger partial charge in [0.05, 0.1) is 0 Å². The highest BCUT2D eigenvalue weighted by molar-refractivity contribution is 7.55. The van der Waals surface area contributed by atoms with Crippen LogP contribution in [-0.4, -0.2) is 19.6 Å². The molecule has 70 valence electrons. The Labute approximate surface area is 68.6 Å². The fraction of sp³-hybridized carbons (Fsp3) is 0. The molecule has 12 heavy (non-hydrogen) atoms. The van der Waals surface area contributed by atoms with E-state index in [2.05, 4.69) is 0 Å². The molecule has 0 heterocycles. The van der Waals surface area contributed by atoms with E-state index in [1.807, 2.05) is 0 Å². The summed E-state index contributed by atoms with van der Waals surface area (Å²) in [6, 6.07) is 0. The molecule has 0 aliphatic carbocycles. The van der Waals surface area contributed by atoms with Gasteiger partial charge in [-0.1, -0.05) is 12.2 Å². The Balaban J connectivity index is 4.18. The molecule has 0 aromatic heterocycles. The molecule has 0 unspecified atom stereocenters. The minimum atomic E-state index is -4.23. The van der Waals surface area contributed by atoms with Crippen molar-refractivity contribution < 1.29 is 28.7 Å². The molecule has 0 aromatic rings. The van der Waals surface area contributed by atoms with Crippen LogP contribution in [0, 0.1) is 0 Å². The standard InChI is InChI=1S/C4H8O6P2/c5-11(6,7)3-1-2-4-12(8,9)10/h1-4H,(H2,5,6,7)(H2,8,9,10). The van der Waals surface area contributed by atoms with Crippen LogP contribution in [0.25, 0.3) is 0 Å². The predicted octanol–water partition coefficient (Wildman–Crippen LogP) is 0.369. The number of allylic oxidation sites excluding steroid dienone is 2. The fourth-order valence-electron chi connectivity index (χ4n) is 0.324. The Morgan fingerprint density at radius 2 is 1.00 bits per heavy atom. The minimum absolute atomic E-state index is 0.541. The summed E-state index contributed by atoms with van der Waals surface area (Å²) >= 11 is 0. The highest BCUT2D eigenvalue weighted by atomic mass is 31.2. The second-order valence-corrected chi connectivity index (χ2v) is 4.81. The number of rotatable bonds is 3. The lowest BCUT2D eigenvalue weighted by Gasteiger charge is -1.92. The molecule has 0 saturated heterocycles. The maximum absolute atomic E-state index is 10.1. The molecule has 0 aliphatic rings. The Hall–Kier alpha value is -0.220. The smallest absolute Gasteiger partial charge is 0.321 e. The lowest BCUT2D eigenvalue weighted by atomic mass is 10.6. The van der Waals surface area contributed by atoms with E-state index in [-0.39, 0.29) is 0 Å². The van der Waals surface area contributed by atoms with Gasteiger partial charge in [-0.25, -0.2) is 0 Å². The minimum Gasteiger partial charge on any atom is -0.321 e. The van der Waals surface area contributed by atoms with Gasteiger partial charge in [0.15, 0.2) is 0 Å². The van der Waals surface area contributed by atoms with Gasteiger partial charge in [-0.2, -0.15) is 0 Å². The lowest BCUT2D eigenvalue weighted by Crippen LogP contribution is -1.69. The molecule has 0 rings (SSSR count). The molecular formula is C4H8O6P2. The van der Waals surface area contributed by atoms with E-state index in [9.17, 15) is 9.13 Å². The summed E-state index contributed by atoms with van der Waals surface area (Å²) < 4.78 is 20.3. The molecule has 0 amide bonds. The van der Waals surface area contributed by atoms with E-state index >= 15 is 0 Å². The third-order valence-corrected chi connectivity index (χ3v) is 1.79. The lowest BCUT2D eigenvalue weighted by molar-refractivity contribution is 0.383. The molecule has 8 heteroatoms. The average molecular weight is 214 g/mol. The highest BCUT2D eigenvalue weighted by Gasteiger charge is 2.05. The van der Waals surface area contributed by atoms with Crippen LogP contribution in [0.4, 0.5) is 0 Å². The molecule has 0 bridgehead atoms. The quantitative estimate of drug-likeness (QED) is 0.398. The summed E-state index contributed by atoms with van der Waals surface area (Å²) in [4.78, 5) is 33.0. The highest BCUT2D eigenvalue weighted by Crippen LogP contribution is 2.38. The Morgan fingerprint density at radius 1 is 0.750 bits per heavy atom. The molecule has 4 N–H and O–H groups in total. The predicted molar refractivity (Wildman–Crippen MR) is 42.4 cm³/mol. The molecule has 0 aromatic carbocycles. The van der Waals surface area contributed by atoms with Gasteiger partial charge in [0.25, 0.3) is 0 Å². The van der Waals surface area contributed by atoms with Crippen molar-refractivity contribution >= 4 is 15.2 Å². The first-order valence-electron chi connectivity index (χ1n) is 2.68. The van der Waals surface area contributed by atoms with E-state index in [1.54, 1.807) is 0 Å². The van der Waals surface area contributed by atoms with Crippen molar-refractivity contribution in [2.45, 2.75) is 0 Å². The zero-order valence-corrected chi connectivity index (χ0v) is 7.60. The molecule has 0 radical (unpaired) electrons. The fourth-order valence-corrected chi connectivity index (χ4v) is 0.971. The zero-order valence-electron chi connectivity index (χ0n) is 5.81.